The van der Waals surface area contributed by atoms with Crippen LogP contribution in [0.4, 0.5) is 17.6 Å². The first kappa shape index (κ1) is 12.0. The van der Waals surface area contributed by atoms with Crippen LogP contribution in [0.3, 0.4) is 0 Å². The molecule has 0 saturated heterocycles. The van der Waals surface area contributed by atoms with E-state index in [1.54, 1.807) is 0 Å². The van der Waals surface area contributed by atoms with Crippen LogP contribution in [0.1, 0.15) is 12.8 Å². The van der Waals surface area contributed by atoms with E-state index in [1.165, 1.54) is 6.08 Å². The molecule has 15 heavy (non-hydrogen) atoms. The second-order valence-corrected chi connectivity index (χ2v) is 2.99. The molecule has 1 rings (SSSR count). The molecule has 0 saturated carbocycles. The fraction of sp³-hybridized carbons (Fsp3) is 0.625. The Balaban J connectivity index is 2.44. The Hall–Kier alpha value is -1.11. The first-order valence-electron chi connectivity index (χ1n) is 4.25. The highest BCUT2D eigenvalue weighted by Crippen LogP contribution is 2.19. The molecule has 1 atom stereocenters. The number of esters is 1. The predicted octanol–water partition coefficient (Wildman–Crippen LogP) is 1.65. The highest BCUT2D eigenvalue weighted by Gasteiger charge is 2.42. The molecule has 0 radical (unpaired) electrons. The molecular weight excluding hydrogens is 218 g/mol. The molecule has 0 amide bonds. The number of nitrogens with one attached hydrogen (secondary N) is 1. The van der Waals surface area contributed by atoms with Crippen molar-refractivity contribution in [1.29, 1.82) is 0 Å². The third-order valence-corrected chi connectivity index (χ3v) is 1.80. The number of carbonyl (C=O) groups excluding carboxylic acids is 1. The minimum atomic E-state index is -5.01. The highest BCUT2D eigenvalue weighted by atomic mass is 19.4. The smallest absolute Gasteiger partial charge is 0.440 e. The van der Waals surface area contributed by atoms with Crippen LogP contribution in [0.2, 0.25) is 0 Å². The van der Waals surface area contributed by atoms with Crippen molar-refractivity contribution >= 4 is 5.97 Å². The molecular formula is C8H9F4NO2. The monoisotopic (exact) mass is 227 g/mol. The Bertz CT molecular complexity index is 274. The summed E-state index contributed by atoms with van der Waals surface area (Å²) in [4.78, 5) is 10.4. The molecule has 3 nitrogen and oxygen atoms in total. The van der Waals surface area contributed by atoms with Gasteiger partial charge in [-0.2, -0.15) is 13.2 Å². The van der Waals surface area contributed by atoms with Crippen LogP contribution in [-0.4, -0.2) is 24.9 Å². The topological polar surface area (TPSA) is 38.3 Å². The standard InChI is InChI=1S/C8H9F4NO2/c9-5-1-2-6(13-4-3-5)15-7(14)8(10,11)12/h3,6,13H,1-2,4H2. The Morgan fingerprint density at radius 1 is 1.53 bits per heavy atom. The number of rotatable bonds is 1. The molecule has 0 spiro atoms. The number of halogens is 4. The van der Waals surface area contributed by atoms with Crippen molar-refractivity contribution in [3.05, 3.63) is 11.9 Å². The van der Waals surface area contributed by atoms with Crippen molar-refractivity contribution in [1.82, 2.24) is 5.32 Å². The zero-order valence-corrected chi connectivity index (χ0v) is 7.60. The molecule has 1 unspecified atom stereocenters. The summed E-state index contributed by atoms with van der Waals surface area (Å²) < 4.78 is 52.1. The molecule has 1 aliphatic heterocycles. The number of hydrogen-bond donors (Lipinski definition) is 1. The summed E-state index contributed by atoms with van der Waals surface area (Å²) in [6.45, 7) is 0.0433. The summed E-state index contributed by atoms with van der Waals surface area (Å²) in [5.41, 5.74) is 0. The molecule has 0 aromatic rings. The SMILES string of the molecule is O=C(OC1CCC(F)=CCN1)C(F)(F)F. The van der Waals surface area contributed by atoms with E-state index in [1.807, 2.05) is 0 Å². The minimum Gasteiger partial charge on any atom is -0.440 e. The van der Waals surface area contributed by atoms with Crippen molar-refractivity contribution in [3.63, 3.8) is 0 Å². The molecule has 0 aromatic heterocycles. The number of allylic oxidation sites excluding steroid dienone is 1. The van der Waals surface area contributed by atoms with Gasteiger partial charge < -0.3 is 4.74 Å². The van der Waals surface area contributed by atoms with Gasteiger partial charge >= 0.3 is 12.1 Å². The zero-order valence-electron chi connectivity index (χ0n) is 7.60. The number of ether oxygens (including phenoxy) is 1. The van der Waals surface area contributed by atoms with E-state index >= 15 is 0 Å². The quantitative estimate of drug-likeness (QED) is 0.546. The van der Waals surface area contributed by atoms with Gasteiger partial charge in [0.25, 0.3) is 0 Å². The van der Waals surface area contributed by atoms with E-state index in [-0.39, 0.29) is 19.4 Å². The molecule has 86 valence electrons. The first-order chi connectivity index (χ1) is 6.89. The Kier molecular flexibility index (Phi) is 3.67. The van der Waals surface area contributed by atoms with Gasteiger partial charge in [0, 0.05) is 19.4 Å². The van der Waals surface area contributed by atoms with Gasteiger partial charge in [-0.1, -0.05) is 0 Å². The maximum absolute atomic E-state index is 12.6. The van der Waals surface area contributed by atoms with E-state index in [0.29, 0.717) is 0 Å². The lowest BCUT2D eigenvalue weighted by Crippen LogP contribution is -2.37. The van der Waals surface area contributed by atoms with Gasteiger partial charge in [0.2, 0.25) is 0 Å². The summed E-state index contributed by atoms with van der Waals surface area (Å²) in [6.07, 6.45) is -4.96. The van der Waals surface area contributed by atoms with Gasteiger partial charge in [0.1, 0.15) is 0 Å². The molecule has 1 aliphatic rings. The molecule has 0 aromatic carbocycles. The fourth-order valence-corrected chi connectivity index (χ4v) is 1.07. The summed E-state index contributed by atoms with van der Waals surface area (Å²) in [7, 11) is 0. The highest BCUT2D eigenvalue weighted by molar-refractivity contribution is 5.75. The second-order valence-electron chi connectivity index (χ2n) is 2.99. The molecule has 7 heteroatoms. The lowest BCUT2D eigenvalue weighted by atomic mass is 10.3. The van der Waals surface area contributed by atoms with Gasteiger partial charge in [-0.3, -0.25) is 5.32 Å². The largest absolute Gasteiger partial charge is 0.490 e. The molecule has 0 bridgehead atoms. The van der Waals surface area contributed by atoms with E-state index in [0.717, 1.165) is 0 Å². The first-order valence-corrected chi connectivity index (χ1v) is 4.25. The van der Waals surface area contributed by atoms with Crippen LogP contribution >= 0.6 is 0 Å². The van der Waals surface area contributed by atoms with Crippen molar-refractivity contribution < 1.29 is 27.1 Å². The van der Waals surface area contributed by atoms with Crippen molar-refractivity contribution in [2.75, 3.05) is 6.54 Å². The maximum Gasteiger partial charge on any atom is 0.490 e. The van der Waals surface area contributed by atoms with E-state index in [9.17, 15) is 22.4 Å². The van der Waals surface area contributed by atoms with Crippen LogP contribution < -0.4 is 5.32 Å². The lowest BCUT2D eigenvalue weighted by Gasteiger charge is -2.17. The number of carbonyl (C=O) groups is 1. The average Bonchev–Trinajstić information content (AvgIpc) is 2.29. The summed E-state index contributed by atoms with van der Waals surface area (Å²) in [5.74, 6) is -2.68. The predicted molar refractivity (Wildman–Crippen MR) is 42.4 cm³/mol. The Labute approximate surface area is 83.1 Å². The van der Waals surface area contributed by atoms with Crippen LogP contribution in [0.25, 0.3) is 0 Å². The second kappa shape index (κ2) is 4.61. The van der Waals surface area contributed by atoms with Crippen LogP contribution in [0.5, 0.6) is 0 Å². The van der Waals surface area contributed by atoms with E-state index in [4.69, 9.17) is 0 Å². The maximum atomic E-state index is 12.6. The minimum absolute atomic E-state index is 0.00977. The van der Waals surface area contributed by atoms with Gasteiger partial charge in [-0.15, -0.1) is 0 Å². The Morgan fingerprint density at radius 2 is 2.20 bits per heavy atom. The molecule has 1 heterocycles. The number of alkyl halides is 3. The van der Waals surface area contributed by atoms with Crippen molar-refractivity contribution in [2.45, 2.75) is 25.2 Å². The van der Waals surface area contributed by atoms with E-state index < -0.39 is 24.2 Å². The fourth-order valence-electron chi connectivity index (χ4n) is 1.07. The summed E-state index contributed by atoms with van der Waals surface area (Å²) in [5, 5.41) is 2.46. The number of hydrogen-bond acceptors (Lipinski definition) is 3. The van der Waals surface area contributed by atoms with Crippen molar-refractivity contribution in [2.24, 2.45) is 0 Å². The van der Waals surface area contributed by atoms with Crippen molar-refractivity contribution in [3.8, 4) is 0 Å². The summed E-state index contributed by atoms with van der Waals surface area (Å²) >= 11 is 0. The van der Waals surface area contributed by atoms with Gasteiger partial charge in [0.05, 0.1) is 5.83 Å². The van der Waals surface area contributed by atoms with Gasteiger partial charge in [-0.05, 0) is 6.08 Å². The lowest BCUT2D eigenvalue weighted by molar-refractivity contribution is -0.206. The normalized spacial score (nSPS) is 22.9. The molecule has 0 fully saturated rings. The van der Waals surface area contributed by atoms with Gasteiger partial charge in [0.15, 0.2) is 6.23 Å². The molecule has 1 N–H and O–H groups in total. The van der Waals surface area contributed by atoms with Gasteiger partial charge in [-0.25, -0.2) is 9.18 Å². The zero-order chi connectivity index (χ0) is 11.5. The van der Waals surface area contributed by atoms with Crippen LogP contribution in [-0.2, 0) is 9.53 Å². The third kappa shape index (κ3) is 3.86. The average molecular weight is 227 g/mol. The van der Waals surface area contributed by atoms with Crippen LogP contribution in [0.15, 0.2) is 11.9 Å². The molecule has 0 aliphatic carbocycles. The summed E-state index contributed by atoms with van der Waals surface area (Å²) in [6, 6.07) is 0. The van der Waals surface area contributed by atoms with Crippen LogP contribution in [0, 0.1) is 0 Å². The third-order valence-electron chi connectivity index (χ3n) is 1.80. The Morgan fingerprint density at radius 3 is 2.80 bits per heavy atom. The van der Waals surface area contributed by atoms with E-state index in [2.05, 4.69) is 10.1 Å².